The Bertz CT molecular complexity index is 110. The Kier molecular flexibility index (Phi) is 4.62. The van der Waals surface area contributed by atoms with Gasteiger partial charge >= 0.3 is 0 Å². The van der Waals surface area contributed by atoms with Gasteiger partial charge in [0, 0.05) is 13.2 Å². The van der Waals surface area contributed by atoms with E-state index in [2.05, 4.69) is 18.7 Å². The van der Waals surface area contributed by atoms with Gasteiger partial charge in [0.1, 0.15) is 0 Å². The summed E-state index contributed by atoms with van der Waals surface area (Å²) in [5, 5.41) is 0. The van der Waals surface area contributed by atoms with Gasteiger partial charge < -0.3 is 9.64 Å². The lowest BCUT2D eigenvalue weighted by atomic mass is 10.2. The average molecular weight is 171 g/mol. The quantitative estimate of drug-likeness (QED) is 0.625. The molecule has 1 atom stereocenters. The predicted molar refractivity (Wildman–Crippen MR) is 51.3 cm³/mol. The van der Waals surface area contributed by atoms with Gasteiger partial charge in [0.25, 0.3) is 0 Å². The molecule has 0 bridgehead atoms. The highest BCUT2D eigenvalue weighted by molar-refractivity contribution is 4.68. The number of hydrogen-bond donors (Lipinski definition) is 0. The molecular formula is C10H21NO. The van der Waals surface area contributed by atoms with Crippen molar-refractivity contribution in [2.75, 3.05) is 32.8 Å². The van der Waals surface area contributed by atoms with E-state index in [1.54, 1.807) is 0 Å². The molecule has 72 valence electrons. The number of hydrogen-bond acceptors (Lipinski definition) is 2. The second-order valence-corrected chi connectivity index (χ2v) is 3.77. The average Bonchev–Trinajstić information content (AvgIpc) is 2.53. The fourth-order valence-electron chi connectivity index (χ4n) is 1.78. The molecular weight excluding hydrogens is 150 g/mol. The highest BCUT2D eigenvalue weighted by Crippen LogP contribution is 2.10. The maximum Gasteiger partial charge on any atom is 0.0503 e. The Labute approximate surface area is 75.9 Å². The molecule has 1 fully saturated rings. The van der Waals surface area contributed by atoms with Crippen molar-refractivity contribution < 1.29 is 4.74 Å². The van der Waals surface area contributed by atoms with E-state index in [4.69, 9.17) is 4.74 Å². The molecule has 1 heterocycles. The van der Waals surface area contributed by atoms with Crippen LogP contribution in [0, 0.1) is 5.92 Å². The SMILES string of the molecule is CCOC[C@@H](C)CN1CCCC1. The van der Waals surface area contributed by atoms with E-state index < -0.39 is 0 Å². The standard InChI is InChI=1S/C10H21NO/c1-3-12-9-10(2)8-11-6-4-5-7-11/h10H,3-9H2,1-2H3/t10-/m0/s1. The Morgan fingerprint density at radius 1 is 1.33 bits per heavy atom. The molecule has 2 heteroatoms. The van der Waals surface area contributed by atoms with Gasteiger partial charge in [-0.3, -0.25) is 0 Å². The monoisotopic (exact) mass is 171 g/mol. The summed E-state index contributed by atoms with van der Waals surface area (Å²) in [6.07, 6.45) is 2.78. The van der Waals surface area contributed by atoms with Crippen molar-refractivity contribution in [3.05, 3.63) is 0 Å². The first-order chi connectivity index (χ1) is 5.83. The van der Waals surface area contributed by atoms with E-state index in [1.807, 2.05) is 0 Å². The van der Waals surface area contributed by atoms with E-state index in [-0.39, 0.29) is 0 Å². The van der Waals surface area contributed by atoms with Gasteiger partial charge in [-0.1, -0.05) is 6.92 Å². The second-order valence-electron chi connectivity index (χ2n) is 3.77. The summed E-state index contributed by atoms with van der Waals surface area (Å²) in [7, 11) is 0. The van der Waals surface area contributed by atoms with Gasteiger partial charge in [0.05, 0.1) is 6.61 Å². The summed E-state index contributed by atoms with van der Waals surface area (Å²) < 4.78 is 5.38. The van der Waals surface area contributed by atoms with Gasteiger partial charge in [0.2, 0.25) is 0 Å². The molecule has 0 aromatic carbocycles. The van der Waals surface area contributed by atoms with Crippen LogP contribution in [0.25, 0.3) is 0 Å². The lowest BCUT2D eigenvalue weighted by molar-refractivity contribution is 0.101. The van der Waals surface area contributed by atoms with Gasteiger partial charge in [-0.15, -0.1) is 0 Å². The first-order valence-corrected chi connectivity index (χ1v) is 5.13. The van der Waals surface area contributed by atoms with Crippen molar-refractivity contribution in [2.45, 2.75) is 26.7 Å². The van der Waals surface area contributed by atoms with Crippen LogP contribution in [0.3, 0.4) is 0 Å². The van der Waals surface area contributed by atoms with Crippen molar-refractivity contribution >= 4 is 0 Å². The van der Waals surface area contributed by atoms with E-state index in [9.17, 15) is 0 Å². The van der Waals surface area contributed by atoms with Gasteiger partial charge in [0.15, 0.2) is 0 Å². The zero-order valence-electron chi connectivity index (χ0n) is 8.38. The molecule has 0 spiro atoms. The zero-order valence-corrected chi connectivity index (χ0v) is 8.38. The van der Waals surface area contributed by atoms with Crippen molar-refractivity contribution in [3.8, 4) is 0 Å². The zero-order chi connectivity index (χ0) is 8.81. The van der Waals surface area contributed by atoms with Crippen molar-refractivity contribution in [1.82, 2.24) is 4.90 Å². The minimum atomic E-state index is 0.697. The molecule has 0 radical (unpaired) electrons. The molecule has 0 unspecified atom stereocenters. The van der Waals surface area contributed by atoms with Crippen LogP contribution in [-0.2, 0) is 4.74 Å². The summed E-state index contributed by atoms with van der Waals surface area (Å²) in [5.74, 6) is 0.697. The van der Waals surface area contributed by atoms with Crippen LogP contribution in [0.4, 0.5) is 0 Å². The fourth-order valence-corrected chi connectivity index (χ4v) is 1.78. The largest absolute Gasteiger partial charge is 0.381 e. The molecule has 0 saturated carbocycles. The minimum absolute atomic E-state index is 0.697. The number of rotatable bonds is 5. The van der Waals surface area contributed by atoms with Crippen LogP contribution in [0.15, 0.2) is 0 Å². The third-order valence-corrected chi connectivity index (χ3v) is 2.38. The van der Waals surface area contributed by atoms with E-state index in [1.165, 1.54) is 32.5 Å². The van der Waals surface area contributed by atoms with Crippen LogP contribution in [0.5, 0.6) is 0 Å². The molecule has 1 saturated heterocycles. The molecule has 0 aromatic rings. The summed E-state index contributed by atoms with van der Waals surface area (Å²) in [4.78, 5) is 2.55. The van der Waals surface area contributed by atoms with Crippen LogP contribution in [0.2, 0.25) is 0 Å². The lowest BCUT2D eigenvalue weighted by Crippen LogP contribution is -2.27. The molecule has 0 N–H and O–H groups in total. The Balaban J connectivity index is 2.03. The normalized spacial score (nSPS) is 21.5. The van der Waals surface area contributed by atoms with E-state index in [0.717, 1.165) is 13.2 Å². The second kappa shape index (κ2) is 5.55. The first-order valence-electron chi connectivity index (χ1n) is 5.13. The molecule has 0 amide bonds. The summed E-state index contributed by atoms with van der Waals surface area (Å²) in [6, 6.07) is 0. The highest BCUT2D eigenvalue weighted by atomic mass is 16.5. The Morgan fingerprint density at radius 2 is 2.00 bits per heavy atom. The first kappa shape index (κ1) is 10.0. The maximum atomic E-state index is 5.38. The van der Waals surface area contributed by atoms with E-state index >= 15 is 0 Å². The molecule has 2 nitrogen and oxygen atoms in total. The third kappa shape index (κ3) is 3.55. The molecule has 0 aromatic heterocycles. The molecule has 12 heavy (non-hydrogen) atoms. The number of nitrogens with zero attached hydrogens (tertiary/aromatic N) is 1. The van der Waals surface area contributed by atoms with Crippen LogP contribution in [0.1, 0.15) is 26.7 Å². The lowest BCUT2D eigenvalue weighted by Gasteiger charge is -2.19. The maximum absolute atomic E-state index is 5.38. The number of likely N-dealkylation sites (tertiary alicyclic amines) is 1. The van der Waals surface area contributed by atoms with Crippen LogP contribution >= 0.6 is 0 Å². The number of ether oxygens (including phenoxy) is 1. The molecule has 1 aliphatic rings. The van der Waals surface area contributed by atoms with Crippen LogP contribution in [-0.4, -0.2) is 37.7 Å². The molecule has 0 aliphatic carbocycles. The van der Waals surface area contributed by atoms with Gasteiger partial charge in [-0.25, -0.2) is 0 Å². The van der Waals surface area contributed by atoms with Crippen molar-refractivity contribution in [3.63, 3.8) is 0 Å². The van der Waals surface area contributed by atoms with Crippen molar-refractivity contribution in [2.24, 2.45) is 5.92 Å². The Hall–Kier alpha value is -0.0800. The summed E-state index contributed by atoms with van der Waals surface area (Å²) >= 11 is 0. The predicted octanol–water partition coefficient (Wildman–Crippen LogP) is 1.75. The smallest absolute Gasteiger partial charge is 0.0503 e. The topological polar surface area (TPSA) is 12.5 Å². The Morgan fingerprint density at radius 3 is 2.58 bits per heavy atom. The van der Waals surface area contributed by atoms with E-state index in [0.29, 0.717) is 5.92 Å². The third-order valence-electron chi connectivity index (χ3n) is 2.38. The summed E-state index contributed by atoms with van der Waals surface area (Å²) in [6.45, 7) is 9.93. The summed E-state index contributed by atoms with van der Waals surface area (Å²) in [5.41, 5.74) is 0. The fraction of sp³-hybridized carbons (Fsp3) is 1.00. The minimum Gasteiger partial charge on any atom is -0.381 e. The highest BCUT2D eigenvalue weighted by Gasteiger charge is 2.14. The van der Waals surface area contributed by atoms with Crippen molar-refractivity contribution in [1.29, 1.82) is 0 Å². The molecule has 1 rings (SSSR count). The molecule has 1 aliphatic heterocycles. The van der Waals surface area contributed by atoms with Crippen LogP contribution < -0.4 is 0 Å². The van der Waals surface area contributed by atoms with Gasteiger partial charge in [-0.2, -0.15) is 0 Å². The van der Waals surface area contributed by atoms with Gasteiger partial charge in [-0.05, 0) is 38.8 Å².